The Morgan fingerprint density at radius 2 is 1.94 bits per heavy atom. The van der Waals surface area contributed by atoms with Crippen molar-refractivity contribution in [2.75, 3.05) is 0 Å². The smallest absolute Gasteiger partial charge is 0.137 e. The molecule has 0 aromatic carbocycles. The molecular formula is C13H10ClN3. The van der Waals surface area contributed by atoms with E-state index in [0.29, 0.717) is 5.15 Å². The fourth-order valence-electron chi connectivity index (χ4n) is 1.96. The first-order valence-electron chi connectivity index (χ1n) is 5.32. The van der Waals surface area contributed by atoms with Gasteiger partial charge in [-0.05, 0) is 31.2 Å². The van der Waals surface area contributed by atoms with E-state index < -0.39 is 0 Å². The minimum atomic E-state index is 0.493. The first-order chi connectivity index (χ1) is 8.25. The van der Waals surface area contributed by atoms with E-state index in [4.69, 9.17) is 11.6 Å². The number of aromatic nitrogens is 3. The van der Waals surface area contributed by atoms with Gasteiger partial charge in [-0.2, -0.15) is 0 Å². The summed E-state index contributed by atoms with van der Waals surface area (Å²) in [5, 5.41) is 0.493. The maximum Gasteiger partial charge on any atom is 0.137 e. The predicted octanol–water partition coefficient (Wildman–Crippen LogP) is 3.36. The molecule has 0 radical (unpaired) electrons. The lowest BCUT2D eigenvalue weighted by molar-refractivity contribution is 1.16. The van der Waals surface area contributed by atoms with Crippen molar-refractivity contribution in [1.82, 2.24) is 14.4 Å². The summed E-state index contributed by atoms with van der Waals surface area (Å²) in [6.45, 7) is 1.98. The molecule has 0 saturated heterocycles. The number of imidazole rings is 1. The third-order valence-electron chi connectivity index (χ3n) is 2.66. The number of pyridine rings is 2. The maximum atomic E-state index is 5.92. The maximum absolute atomic E-state index is 5.92. The summed E-state index contributed by atoms with van der Waals surface area (Å²) in [4.78, 5) is 8.83. The van der Waals surface area contributed by atoms with Gasteiger partial charge in [0.2, 0.25) is 0 Å². The first kappa shape index (κ1) is 10.3. The zero-order valence-electron chi connectivity index (χ0n) is 9.26. The Morgan fingerprint density at radius 1 is 1.06 bits per heavy atom. The Kier molecular flexibility index (Phi) is 2.34. The standard InChI is InChI=1S/C13H10ClN3/c1-9-13(10-5-4-6-11(14)16-10)17-8-3-2-7-12(17)15-9/h2-8H,1H3. The minimum Gasteiger partial charge on any atom is -0.298 e. The second-order valence-electron chi connectivity index (χ2n) is 3.82. The molecular weight excluding hydrogens is 234 g/mol. The van der Waals surface area contributed by atoms with Crippen molar-refractivity contribution in [2.24, 2.45) is 0 Å². The highest BCUT2D eigenvalue weighted by Gasteiger charge is 2.11. The lowest BCUT2D eigenvalue weighted by Crippen LogP contribution is -1.91. The summed E-state index contributed by atoms with van der Waals surface area (Å²) in [6, 6.07) is 11.5. The van der Waals surface area contributed by atoms with E-state index in [1.807, 2.05) is 47.9 Å². The Morgan fingerprint density at radius 3 is 2.76 bits per heavy atom. The van der Waals surface area contributed by atoms with E-state index in [1.54, 1.807) is 6.07 Å². The molecule has 0 aliphatic rings. The Balaban J connectivity index is 2.33. The molecule has 0 amide bonds. The van der Waals surface area contributed by atoms with Crippen LogP contribution in [0.3, 0.4) is 0 Å². The van der Waals surface area contributed by atoms with E-state index >= 15 is 0 Å². The molecule has 0 unspecified atom stereocenters. The van der Waals surface area contributed by atoms with Gasteiger partial charge in [-0.1, -0.05) is 23.7 Å². The zero-order chi connectivity index (χ0) is 11.8. The summed E-state index contributed by atoms with van der Waals surface area (Å²) in [7, 11) is 0. The highest BCUT2D eigenvalue weighted by Crippen LogP contribution is 2.23. The number of nitrogens with zero attached hydrogens (tertiary/aromatic N) is 3. The quantitative estimate of drug-likeness (QED) is 0.614. The van der Waals surface area contributed by atoms with Gasteiger partial charge in [-0.15, -0.1) is 0 Å². The van der Waals surface area contributed by atoms with Crippen molar-refractivity contribution in [3.63, 3.8) is 0 Å². The highest BCUT2D eigenvalue weighted by molar-refractivity contribution is 6.29. The molecule has 0 spiro atoms. The molecule has 0 aliphatic carbocycles. The van der Waals surface area contributed by atoms with Crippen molar-refractivity contribution in [2.45, 2.75) is 6.92 Å². The van der Waals surface area contributed by atoms with Crippen molar-refractivity contribution >= 4 is 17.2 Å². The van der Waals surface area contributed by atoms with Crippen LogP contribution in [0, 0.1) is 6.92 Å². The monoisotopic (exact) mass is 243 g/mol. The molecule has 0 fully saturated rings. The number of hydrogen-bond donors (Lipinski definition) is 0. The van der Waals surface area contributed by atoms with Gasteiger partial charge < -0.3 is 0 Å². The van der Waals surface area contributed by atoms with Gasteiger partial charge in [-0.3, -0.25) is 4.40 Å². The molecule has 0 bridgehead atoms. The van der Waals surface area contributed by atoms with E-state index in [0.717, 1.165) is 22.7 Å². The molecule has 84 valence electrons. The van der Waals surface area contributed by atoms with Gasteiger partial charge in [0, 0.05) is 6.20 Å². The van der Waals surface area contributed by atoms with Gasteiger partial charge in [-0.25, -0.2) is 9.97 Å². The van der Waals surface area contributed by atoms with Crippen LogP contribution in [0.5, 0.6) is 0 Å². The third-order valence-corrected chi connectivity index (χ3v) is 2.87. The van der Waals surface area contributed by atoms with E-state index in [2.05, 4.69) is 9.97 Å². The van der Waals surface area contributed by atoms with Crippen molar-refractivity contribution < 1.29 is 0 Å². The van der Waals surface area contributed by atoms with Crippen LogP contribution in [0.4, 0.5) is 0 Å². The van der Waals surface area contributed by atoms with Gasteiger partial charge >= 0.3 is 0 Å². The minimum absolute atomic E-state index is 0.493. The molecule has 3 heterocycles. The van der Waals surface area contributed by atoms with Gasteiger partial charge in [0.15, 0.2) is 0 Å². The van der Waals surface area contributed by atoms with Crippen LogP contribution >= 0.6 is 11.6 Å². The Hall–Kier alpha value is -1.87. The number of fused-ring (bicyclic) bond motifs is 1. The van der Waals surface area contributed by atoms with Crippen LogP contribution in [0.1, 0.15) is 5.69 Å². The molecule has 3 aromatic heterocycles. The average Bonchev–Trinajstić information content (AvgIpc) is 2.64. The number of hydrogen-bond acceptors (Lipinski definition) is 2. The van der Waals surface area contributed by atoms with Crippen molar-refractivity contribution in [3.05, 3.63) is 53.4 Å². The molecule has 0 atom stereocenters. The van der Waals surface area contributed by atoms with Gasteiger partial charge in [0.25, 0.3) is 0 Å². The molecule has 3 rings (SSSR count). The molecule has 3 aromatic rings. The highest BCUT2D eigenvalue weighted by atomic mass is 35.5. The molecule has 0 saturated carbocycles. The zero-order valence-corrected chi connectivity index (χ0v) is 10.0. The van der Waals surface area contributed by atoms with Crippen LogP contribution in [0.15, 0.2) is 42.6 Å². The van der Waals surface area contributed by atoms with E-state index in [9.17, 15) is 0 Å². The fourth-order valence-corrected chi connectivity index (χ4v) is 2.13. The number of rotatable bonds is 1. The second kappa shape index (κ2) is 3.86. The van der Waals surface area contributed by atoms with Gasteiger partial charge in [0.1, 0.15) is 10.8 Å². The van der Waals surface area contributed by atoms with Crippen molar-refractivity contribution in [1.29, 1.82) is 0 Å². The van der Waals surface area contributed by atoms with Crippen LogP contribution < -0.4 is 0 Å². The topological polar surface area (TPSA) is 30.2 Å². The largest absolute Gasteiger partial charge is 0.298 e. The van der Waals surface area contributed by atoms with Crippen LogP contribution in [-0.2, 0) is 0 Å². The molecule has 4 heteroatoms. The summed E-state index contributed by atoms with van der Waals surface area (Å²) in [5.41, 5.74) is 3.70. The molecule has 0 N–H and O–H groups in total. The molecule has 3 nitrogen and oxygen atoms in total. The molecule has 17 heavy (non-hydrogen) atoms. The van der Waals surface area contributed by atoms with Crippen LogP contribution in [0.2, 0.25) is 5.15 Å². The summed E-state index contributed by atoms with van der Waals surface area (Å²) in [5.74, 6) is 0. The number of halogens is 1. The summed E-state index contributed by atoms with van der Waals surface area (Å²) < 4.78 is 2.02. The van der Waals surface area contributed by atoms with Gasteiger partial charge in [0.05, 0.1) is 17.1 Å². The lowest BCUT2D eigenvalue weighted by atomic mass is 10.2. The van der Waals surface area contributed by atoms with Crippen LogP contribution in [0.25, 0.3) is 17.0 Å². The molecule has 0 aliphatic heterocycles. The number of aryl methyl sites for hydroxylation is 1. The van der Waals surface area contributed by atoms with E-state index in [1.165, 1.54) is 0 Å². The summed E-state index contributed by atoms with van der Waals surface area (Å²) in [6.07, 6.45) is 1.98. The normalized spacial score (nSPS) is 10.9. The summed E-state index contributed by atoms with van der Waals surface area (Å²) >= 11 is 5.92. The third kappa shape index (κ3) is 1.68. The fraction of sp³-hybridized carbons (Fsp3) is 0.0769. The second-order valence-corrected chi connectivity index (χ2v) is 4.21. The SMILES string of the molecule is Cc1nc2ccccn2c1-c1cccc(Cl)n1. The van der Waals surface area contributed by atoms with Crippen molar-refractivity contribution in [3.8, 4) is 11.4 Å². The van der Waals surface area contributed by atoms with E-state index in [-0.39, 0.29) is 0 Å². The Bertz CT molecular complexity index is 688. The average molecular weight is 244 g/mol. The predicted molar refractivity (Wildman–Crippen MR) is 68.2 cm³/mol. The lowest BCUT2D eigenvalue weighted by Gasteiger charge is -2.02. The Labute approximate surface area is 104 Å². The van der Waals surface area contributed by atoms with Crippen LogP contribution in [-0.4, -0.2) is 14.4 Å². The first-order valence-corrected chi connectivity index (χ1v) is 5.70.